The molecule has 0 saturated carbocycles. The Hall–Kier alpha value is -2.56. The van der Waals surface area contributed by atoms with Gasteiger partial charge in [-0.05, 0) is 29.7 Å². The lowest BCUT2D eigenvalue weighted by molar-refractivity contribution is -0.123. The van der Waals surface area contributed by atoms with E-state index in [0.29, 0.717) is 5.92 Å². The monoisotopic (exact) mass is 285 g/mol. The summed E-state index contributed by atoms with van der Waals surface area (Å²) >= 11 is 0. The van der Waals surface area contributed by atoms with E-state index in [1.54, 1.807) is 12.4 Å². The standard InChI is InChI=1S/C16H19N3O2/c1-12(2)14-7-3-4-8-15(14)21-11-16(20)19-18-10-13-6-5-9-17-13/h3-10,12,17H,11H2,1-2H3,(H,19,20)/b18-10+. The van der Waals surface area contributed by atoms with Crippen LogP contribution in [0.5, 0.6) is 5.75 Å². The molecule has 0 spiro atoms. The summed E-state index contributed by atoms with van der Waals surface area (Å²) in [5.74, 6) is 0.780. The van der Waals surface area contributed by atoms with E-state index in [-0.39, 0.29) is 12.5 Å². The molecule has 2 aromatic rings. The van der Waals surface area contributed by atoms with Crippen LogP contribution >= 0.6 is 0 Å². The Bertz CT molecular complexity index is 604. The second-order valence-corrected chi connectivity index (χ2v) is 4.90. The van der Waals surface area contributed by atoms with Gasteiger partial charge in [-0.1, -0.05) is 32.0 Å². The van der Waals surface area contributed by atoms with Gasteiger partial charge in [-0.25, -0.2) is 5.43 Å². The van der Waals surface area contributed by atoms with Gasteiger partial charge in [-0.3, -0.25) is 4.79 Å². The summed E-state index contributed by atoms with van der Waals surface area (Å²) in [7, 11) is 0. The van der Waals surface area contributed by atoms with Crippen molar-refractivity contribution in [1.82, 2.24) is 10.4 Å². The highest BCUT2D eigenvalue weighted by Gasteiger charge is 2.08. The number of amides is 1. The van der Waals surface area contributed by atoms with Crippen LogP contribution in [0.3, 0.4) is 0 Å². The summed E-state index contributed by atoms with van der Waals surface area (Å²) in [6, 6.07) is 11.4. The van der Waals surface area contributed by atoms with E-state index in [1.165, 1.54) is 0 Å². The number of hydrogen-bond acceptors (Lipinski definition) is 3. The van der Waals surface area contributed by atoms with Gasteiger partial charge in [0.2, 0.25) is 0 Å². The van der Waals surface area contributed by atoms with Gasteiger partial charge in [0, 0.05) is 6.20 Å². The first-order chi connectivity index (χ1) is 10.2. The number of para-hydroxylation sites is 1. The molecule has 0 unspecified atom stereocenters. The lowest BCUT2D eigenvalue weighted by Gasteiger charge is -2.12. The maximum absolute atomic E-state index is 11.7. The molecule has 110 valence electrons. The molecule has 0 fully saturated rings. The summed E-state index contributed by atoms with van der Waals surface area (Å²) in [5, 5.41) is 3.85. The summed E-state index contributed by atoms with van der Waals surface area (Å²) in [6.07, 6.45) is 3.33. The molecule has 1 aromatic carbocycles. The van der Waals surface area contributed by atoms with E-state index < -0.39 is 0 Å². The van der Waals surface area contributed by atoms with Crippen molar-refractivity contribution in [2.45, 2.75) is 19.8 Å². The molecule has 0 aliphatic carbocycles. The average Bonchev–Trinajstić information content (AvgIpc) is 2.98. The fourth-order valence-corrected chi connectivity index (χ4v) is 1.86. The van der Waals surface area contributed by atoms with E-state index in [4.69, 9.17) is 4.74 Å². The summed E-state index contributed by atoms with van der Waals surface area (Å²) in [6.45, 7) is 4.11. The van der Waals surface area contributed by atoms with Crippen molar-refractivity contribution in [2.75, 3.05) is 6.61 Å². The minimum absolute atomic E-state index is 0.0637. The Morgan fingerprint density at radius 2 is 2.14 bits per heavy atom. The first-order valence-electron chi connectivity index (χ1n) is 6.84. The second-order valence-electron chi connectivity index (χ2n) is 4.90. The summed E-state index contributed by atoms with van der Waals surface area (Å²) in [4.78, 5) is 14.6. The topological polar surface area (TPSA) is 66.5 Å². The van der Waals surface area contributed by atoms with Crippen LogP contribution in [0.25, 0.3) is 0 Å². The number of carbonyl (C=O) groups is 1. The van der Waals surface area contributed by atoms with Crippen LogP contribution in [0.1, 0.15) is 31.0 Å². The van der Waals surface area contributed by atoms with E-state index in [9.17, 15) is 4.79 Å². The number of H-pyrrole nitrogens is 1. The molecule has 0 radical (unpaired) electrons. The van der Waals surface area contributed by atoms with Crippen LogP contribution in [0.4, 0.5) is 0 Å². The third-order valence-electron chi connectivity index (χ3n) is 2.91. The Labute approximate surface area is 124 Å². The van der Waals surface area contributed by atoms with Crippen molar-refractivity contribution >= 4 is 12.1 Å². The number of nitrogens with one attached hydrogen (secondary N) is 2. The number of aromatic nitrogens is 1. The van der Waals surface area contributed by atoms with E-state index in [1.807, 2.05) is 36.4 Å². The van der Waals surface area contributed by atoms with Crippen LogP contribution in [-0.4, -0.2) is 23.7 Å². The molecule has 0 aliphatic rings. The number of ether oxygens (including phenoxy) is 1. The van der Waals surface area contributed by atoms with Gasteiger partial charge in [0.25, 0.3) is 5.91 Å². The van der Waals surface area contributed by atoms with Gasteiger partial charge in [-0.2, -0.15) is 5.10 Å². The number of rotatable bonds is 6. The number of hydrazone groups is 1. The van der Waals surface area contributed by atoms with Gasteiger partial charge < -0.3 is 9.72 Å². The first kappa shape index (κ1) is 14.8. The molecule has 21 heavy (non-hydrogen) atoms. The molecule has 1 heterocycles. The van der Waals surface area contributed by atoms with Crippen LogP contribution < -0.4 is 10.2 Å². The summed E-state index contributed by atoms with van der Waals surface area (Å²) in [5.41, 5.74) is 4.33. The quantitative estimate of drug-likeness (QED) is 0.633. The molecule has 0 saturated heterocycles. The van der Waals surface area contributed by atoms with Crippen LogP contribution in [0.15, 0.2) is 47.7 Å². The van der Waals surface area contributed by atoms with Gasteiger partial charge in [0.15, 0.2) is 6.61 Å². The van der Waals surface area contributed by atoms with Crippen molar-refractivity contribution < 1.29 is 9.53 Å². The van der Waals surface area contributed by atoms with Gasteiger partial charge >= 0.3 is 0 Å². The Kier molecular flexibility index (Phi) is 5.15. The molecular weight excluding hydrogens is 266 g/mol. The zero-order chi connectivity index (χ0) is 15.1. The number of benzene rings is 1. The molecular formula is C16H19N3O2. The first-order valence-corrected chi connectivity index (χ1v) is 6.84. The highest BCUT2D eigenvalue weighted by molar-refractivity contribution is 5.81. The fraction of sp³-hybridized carbons (Fsp3) is 0.250. The van der Waals surface area contributed by atoms with Gasteiger partial charge in [-0.15, -0.1) is 0 Å². The SMILES string of the molecule is CC(C)c1ccccc1OCC(=O)N/N=C/c1ccc[nH]1. The third-order valence-corrected chi connectivity index (χ3v) is 2.91. The molecule has 0 aliphatic heterocycles. The lowest BCUT2D eigenvalue weighted by Crippen LogP contribution is -2.24. The van der Waals surface area contributed by atoms with Crippen molar-refractivity contribution in [1.29, 1.82) is 0 Å². The van der Waals surface area contributed by atoms with Gasteiger partial charge in [0.1, 0.15) is 5.75 Å². The van der Waals surface area contributed by atoms with E-state index in [2.05, 4.69) is 29.4 Å². The molecule has 0 bridgehead atoms. The minimum Gasteiger partial charge on any atom is -0.483 e. The molecule has 5 nitrogen and oxygen atoms in total. The number of nitrogens with zero attached hydrogens (tertiary/aromatic N) is 1. The number of carbonyl (C=O) groups excluding carboxylic acids is 1. The second kappa shape index (κ2) is 7.28. The van der Waals surface area contributed by atoms with Crippen LogP contribution in [-0.2, 0) is 4.79 Å². The van der Waals surface area contributed by atoms with E-state index >= 15 is 0 Å². The van der Waals surface area contributed by atoms with Crippen molar-refractivity contribution in [3.63, 3.8) is 0 Å². The van der Waals surface area contributed by atoms with Crippen molar-refractivity contribution in [2.24, 2.45) is 5.10 Å². The number of hydrogen-bond donors (Lipinski definition) is 2. The zero-order valence-electron chi connectivity index (χ0n) is 12.2. The average molecular weight is 285 g/mol. The highest BCUT2D eigenvalue weighted by atomic mass is 16.5. The van der Waals surface area contributed by atoms with Crippen molar-refractivity contribution in [3.8, 4) is 5.75 Å². The predicted molar refractivity (Wildman–Crippen MR) is 82.6 cm³/mol. The minimum atomic E-state index is -0.295. The Balaban J connectivity index is 1.84. The molecule has 5 heteroatoms. The zero-order valence-corrected chi connectivity index (χ0v) is 12.2. The predicted octanol–water partition coefficient (Wildman–Crippen LogP) is 2.67. The van der Waals surface area contributed by atoms with Crippen LogP contribution in [0.2, 0.25) is 0 Å². The molecule has 1 amide bonds. The lowest BCUT2D eigenvalue weighted by atomic mass is 10.0. The smallest absolute Gasteiger partial charge is 0.277 e. The highest BCUT2D eigenvalue weighted by Crippen LogP contribution is 2.25. The fourth-order valence-electron chi connectivity index (χ4n) is 1.86. The Morgan fingerprint density at radius 3 is 2.86 bits per heavy atom. The van der Waals surface area contributed by atoms with E-state index in [0.717, 1.165) is 17.0 Å². The molecule has 2 N–H and O–H groups in total. The molecule has 0 atom stereocenters. The molecule has 2 rings (SSSR count). The normalized spacial score (nSPS) is 11.0. The third kappa shape index (κ3) is 4.49. The largest absolute Gasteiger partial charge is 0.483 e. The van der Waals surface area contributed by atoms with Crippen LogP contribution in [0, 0.1) is 0 Å². The number of aromatic amines is 1. The van der Waals surface area contributed by atoms with Crippen molar-refractivity contribution in [3.05, 3.63) is 53.9 Å². The maximum atomic E-state index is 11.7. The summed E-state index contributed by atoms with van der Waals surface area (Å²) < 4.78 is 5.55. The van der Waals surface area contributed by atoms with Gasteiger partial charge in [0.05, 0.1) is 11.9 Å². The Morgan fingerprint density at radius 1 is 1.33 bits per heavy atom. The molecule has 1 aromatic heterocycles. The maximum Gasteiger partial charge on any atom is 0.277 e.